The van der Waals surface area contributed by atoms with Gasteiger partial charge in [-0.15, -0.1) is 0 Å². The topological polar surface area (TPSA) is 90.1 Å². The van der Waals surface area contributed by atoms with Gasteiger partial charge in [0.05, 0.1) is 0 Å². The van der Waals surface area contributed by atoms with Crippen LogP contribution < -0.4 is 5.43 Å². The predicted molar refractivity (Wildman–Crippen MR) is 35.0 cm³/mol. The maximum Gasteiger partial charge on any atom is 0.199 e. The molecule has 60 valence electrons. The molecule has 1 aromatic heterocycles. The molecule has 1 N–H and O–H groups in total. The molecule has 1 rings (SSSR count). The molecule has 0 spiro atoms. The lowest BCUT2D eigenvalue weighted by Crippen LogP contribution is -2.13. The van der Waals surface area contributed by atoms with Crippen molar-refractivity contribution >= 4 is 10.1 Å². The van der Waals surface area contributed by atoms with E-state index >= 15 is 0 Å². The van der Waals surface area contributed by atoms with Crippen molar-refractivity contribution in [2.75, 3.05) is 0 Å². The summed E-state index contributed by atoms with van der Waals surface area (Å²) < 4.78 is 30.8. The molecule has 1 aromatic rings. The molecule has 0 aliphatic carbocycles. The smallest absolute Gasteiger partial charge is 0.199 e. The Morgan fingerprint density at radius 3 is 2.45 bits per heavy atom. The van der Waals surface area contributed by atoms with Crippen molar-refractivity contribution in [2.45, 2.75) is 4.90 Å². The van der Waals surface area contributed by atoms with Crippen LogP contribution in [-0.4, -0.2) is 18.0 Å². The van der Waals surface area contributed by atoms with Gasteiger partial charge in [-0.25, -0.2) is 8.42 Å². The van der Waals surface area contributed by atoms with Gasteiger partial charge >= 0.3 is 0 Å². The van der Waals surface area contributed by atoms with E-state index in [2.05, 4.69) is 4.98 Å². The molecule has 0 aliphatic rings. The zero-order chi connectivity index (χ0) is 8.48. The second kappa shape index (κ2) is 2.48. The molecule has 5 nitrogen and oxygen atoms in total. The second-order valence-electron chi connectivity index (χ2n) is 1.83. The maximum absolute atomic E-state index is 10.7. The average molecular weight is 174 g/mol. The highest BCUT2D eigenvalue weighted by Crippen LogP contribution is 1.96. The molecule has 0 radical (unpaired) electrons. The predicted octanol–water partition coefficient (Wildman–Crippen LogP) is -0.721. The lowest BCUT2D eigenvalue weighted by molar-refractivity contribution is 0.462. The van der Waals surface area contributed by atoms with Crippen LogP contribution in [-0.2, 0) is 10.1 Å². The van der Waals surface area contributed by atoms with Crippen molar-refractivity contribution < 1.29 is 13.0 Å². The van der Waals surface area contributed by atoms with Crippen LogP contribution in [0.4, 0.5) is 0 Å². The zero-order valence-corrected chi connectivity index (χ0v) is 6.09. The van der Waals surface area contributed by atoms with E-state index in [1.807, 2.05) is 0 Å². The van der Waals surface area contributed by atoms with Crippen LogP contribution in [0.1, 0.15) is 0 Å². The third-order valence-electron chi connectivity index (χ3n) is 1.06. The summed E-state index contributed by atoms with van der Waals surface area (Å²) in [6.07, 6.45) is 2.11. The molecule has 0 saturated carbocycles. The average Bonchev–Trinajstić information content (AvgIpc) is 1.86. The summed E-state index contributed by atoms with van der Waals surface area (Å²) in [6, 6.07) is 0.977. The summed E-state index contributed by atoms with van der Waals surface area (Å²) in [5.74, 6) is 0. The molecule has 11 heavy (non-hydrogen) atoms. The lowest BCUT2D eigenvalue weighted by Gasteiger charge is -2.03. The van der Waals surface area contributed by atoms with Crippen molar-refractivity contribution in [1.82, 2.24) is 4.98 Å². The monoisotopic (exact) mass is 174 g/mol. The Labute approximate surface area is 62.4 Å². The summed E-state index contributed by atoms with van der Waals surface area (Å²) in [7, 11) is -4.63. The number of nitrogens with one attached hydrogen (secondary N) is 1. The number of aromatic nitrogens is 1. The van der Waals surface area contributed by atoms with Crippen molar-refractivity contribution in [3.63, 3.8) is 0 Å². The Bertz CT molecular complexity index is 404. The van der Waals surface area contributed by atoms with E-state index in [4.69, 9.17) is 0 Å². The highest BCUT2D eigenvalue weighted by atomic mass is 32.2. The molecule has 0 fully saturated rings. The summed E-state index contributed by atoms with van der Waals surface area (Å²) in [5.41, 5.74) is -0.793. The molecule has 0 saturated heterocycles. The van der Waals surface area contributed by atoms with Gasteiger partial charge in [0.2, 0.25) is 0 Å². The number of hydrogen-bond acceptors (Lipinski definition) is 4. The molecule has 0 unspecified atom stereocenters. The zero-order valence-electron chi connectivity index (χ0n) is 5.27. The summed E-state index contributed by atoms with van der Waals surface area (Å²) in [6.45, 7) is 0. The fourth-order valence-electron chi connectivity index (χ4n) is 0.596. The SMILES string of the molecule is O=c1cc[nH]cc1S(=O)(=O)[O-]. The Balaban J connectivity index is 3.50. The molecular formula is C5H4NO4S-. The Morgan fingerprint density at radius 2 is 2.09 bits per heavy atom. The van der Waals surface area contributed by atoms with Crippen LogP contribution in [0.3, 0.4) is 0 Å². The fourth-order valence-corrected chi connectivity index (χ4v) is 1.12. The molecule has 0 amide bonds. The van der Waals surface area contributed by atoms with Gasteiger partial charge in [0.1, 0.15) is 15.0 Å². The van der Waals surface area contributed by atoms with Crippen molar-refractivity contribution in [2.24, 2.45) is 0 Å². The second-order valence-corrected chi connectivity index (χ2v) is 3.18. The van der Waals surface area contributed by atoms with Gasteiger partial charge in [-0.1, -0.05) is 0 Å². The maximum atomic E-state index is 10.7. The van der Waals surface area contributed by atoms with Gasteiger partial charge in [-0.05, 0) is 0 Å². The van der Waals surface area contributed by atoms with E-state index in [0.29, 0.717) is 0 Å². The minimum atomic E-state index is -4.63. The number of rotatable bonds is 1. The molecule has 0 aromatic carbocycles. The van der Waals surface area contributed by atoms with Crippen molar-refractivity contribution in [3.8, 4) is 0 Å². The van der Waals surface area contributed by atoms with Crippen LogP contribution in [0.5, 0.6) is 0 Å². The standard InChI is InChI=1S/C5H5NO4S/c7-4-1-2-6-3-5(4)11(8,9)10/h1-3H,(H,6,7)(H,8,9,10)/p-1. The normalized spacial score (nSPS) is 11.4. The van der Waals surface area contributed by atoms with E-state index in [1.54, 1.807) is 0 Å². The fraction of sp³-hybridized carbons (Fsp3) is 0. The molecule has 0 bridgehead atoms. The van der Waals surface area contributed by atoms with Gasteiger partial charge in [0.25, 0.3) is 0 Å². The molecule has 1 heterocycles. The van der Waals surface area contributed by atoms with Gasteiger partial charge in [-0.2, -0.15) is 0 Å². The number of hydrogen-bond donors (Lipinski definition) is 1. The van der Waals surface area contributed by atoms with Crippen LogP contribution >= 0.6 is 0 Å². The number of aromatic amines is 1. The van der Waals surface area contributed by atoms with E-state index in [0.717, 1.165) is 12.3 Å². The lowest BCUT2D eigenvalue weighted by atomic mass is 10.5. The van der Waals surface area contributed by atoms with E-state index in [-0.39, 0.29) is 0 Å². The van der Waals surface area contributed by atoms with Gasteiger partial charge < -0.3 is 9.54 Å². The minimum Gasteiger partial charge on any atom is -0.744 e. The Morgan fingerprint density at radius 1 is 1.45 bits per heavy atom. The Hall–Kier alpha value is -1.14. The molecular weight excluding hydrogens is 170 g/mol. The quantitative estimate of drug-likeness (QED) is 0.569. The van der Waals surface area contributed by atoms with Crippen molar-refractivity contribution in [3.05, 3.63) is 28.7 Å². The third-order valence-corrected chi connectivity index (χ3v) is 1.92. The van der Waals surface area contributed by atoms with Crippen LogP contribution in [0.25, 0.3) is 0 Å². The third kappa shape index (κ3) is 1.66. The molecule has 0 atom stereocenters. The van der Waals surface area contributed by atoms with Crippen LogP contribution in [0, 0.1) is 0 Å². The first-order valence-corrected chi connectivity index (χ1v) is 4.05. The van der Waals surface area contributed by atoms with Crippen molar-refractivity contribution in [1.29, 1.82) is 0 Å². The van der Waals surface area contributed by atoms with Gasteiger partial charge in [0.15, 0.2) is 5.43 Å². The number of pyridine rings is 1. The highest BCUT2D eigenvalue weighted by Gasteiger charge is 2.03. The Kier molecular flexibility index (Phi) is 1.79. The van der Waals surface area contributed by atoms with E-state index in [1.165, 1.54) is 6.20 Å². The first-order valence-electron chi connectivity index (χ1n) is 2.65. The highest BCUT2D eigenvalue weighted by molar-refractivity contribution is 7.85. The van der Waals surface area contributed by atoms with Crippen LogP contribution in [0.15, 0.2) is 28.2 Å². The first kappa shape index (κ1) is 7.96. The molecule has 6 heteroatoms. The number of H-pyrrole nitrogens is 1. The summed E-state index contributed by atoms with van der Waals surface area (Å²) in [4.78, 5) is 12.2. The summed E-state index contributed by atoms with van der Waals surface area (Å²) >= 11 is 0. The summed E-state index contributed by atoms with van der Waals surface area (Å²) in [5, 5.41) is 0. The van der Waals surface area contributed by atoms with Gasteiger partial charge in [-0.3, -0.25) is 4.79 Å². The largest absolute Gasteiger partial charge is 0.744 e. The van der Waals surface area contributed by atoms with E-state index in [9.17, 15) is 17.8 Å². The van der Waals surface area contributed by atoms with Gasteiger partial charge in [0, 0.05) is 18.5 Å². The minimum absolute atomic E-state index is 0.750. The van der Waals surface area contributed by atoms with Crippen LogP contribution in [0.2, 0.25) is 0 Å². The van der Waals surface area contributed by atoms with E-state index < -0.39 is 20.4 Å². The molecule has 0 aliphatic heterocycles. The first-order chi connectivity index (χ1) is 5.02.